The average molecular weight is 234 g/mol. The monoisotopic (exact) mass is 234 g/mol. The Morgan fingerprint density at radius 3 is 2.35 bits per heavy atom. The summed E-state index contributed by atoms with van der Waals surface area (Å²) in [5, 5.41) is 0. The summed E-state index contributed by atoms with van der Waals surface area (Å²) < 4.78 is 0. The van der Waals surface area contributed by atoms with Crippen LogP contribution in [0.15, 0.2) is 18.2 Å². The smallest absolute Gasteiger partial charge is 0.161 e. The van der Waals surface area contributed by atoms with Gasteiger partial charge in [0.25, 0.3) is 0 Å². The quantitative estimate of drug-likeness (QED) is 0.629. The first-order valence-corrected chi connectivity index (χ1v) is 6.14. The summed E-state index contributed by atoms with van der Waals surface area (Å²) in [6.45, 7) is 5.89. The van der Waals surface area contributed by atoms with Gasteiger partial charge in [0.15, 0.2) is 5.78 Å². The Morgan fingerprint density at radius 2 is 1.94 bits per heavy atom. The van der Waals surface area contributed by atoms with Gasteiger partial charge in [-0.2, -0.15) is 0 Å². The van der Waals surface area contributed by atoms with Crippen LogP contribution < -0.4 is 10.6 Å². The molecule has 2 N–H and O–H groups in total. The summed E-state index contributed by atoms with van der Waals surface area (Å²) in [6.07, 6.45) is 2.20. The van der Waals surface area contributed by atoms with Crippen LogP contribution in [0.25, 0.3) is 0 Å². The lowest BCUT2D eigenvalue weighted by molar-refractivity contribution is 0.101. The van der Waals surface area contributed by atoms with Crippen LogP contribution in [0.3, 0.4) is 0 Å². The molecule has 0 saturated carbocycles. The third-order valence-corrected chi connectivity index (χ3v) is 3.31. The minimum Gasteiger partial charge on any atom is -0.398 e. The molecule has 0 aliphatic heterocycles. The highest BCUT2D eigenvalue weighted by molar-refractivity contribution is 5.99. The molecule has 0 spiro atoms. The number of benzene rings is 1. The Kier molecular flexibility index (Phi) is 4.55. The standard InChI is InChI=1S/C14H22N2O/c1-5-11(6-2)16(4)12-7-8-13(10(3)17)14(15)9-12/h7-9,11H,5-6,15H2,1-4H3. The van der Waals surface area contributed by atoms with Gasteiger partial charge >= 0.3 is 0 Å². The third-order valence-electron chi connectivity index (χ3n) is 3.31. The highest BCUT2D eigenvalue weighted by Crippen LogP contribution is 2.24. The number of anilines is 2. The Hall–Kier alpha value is -1.51. The van der Waals surface area contributed by atoms with Crippen LogP contribution in [-0.2, 0) is 0 Å². The maximum absolute atomic E-state index is 11.3. The lowest BCUT2D eigenvalue weighted by Gasteiger charge is -2.28. The second-order valence-corrected chi connectivity index (χ2v) is 4.41. The predicted octanol–water partition coefficient (Wildman–Crippen LogP) is 3.10. The predicted molar refractivity (Wildman–Crippen MR) is 73.6 cm³/mol. The van der Waals surface area contributed by atoms with E-state index in [9.17, 15) is 4.79 Å². The van der Waals surface area contributed by atoms with Gasteiger partial charge in [-0.15, -0.1) is 0 Å². The molecule has 3 heteroatoms. The lowest BCUT2D eigenvalue weighted by atomic mass is 10.1. The molecular weight excluding hydrogens is 212 g/mol. The summed E-state index contributed by atoms with van der Waals surface area (Å²) in [4.78, 5) is 13.5. The van der Waals surface area contributed by atoms with E-state index in [1.165, 1.54) is 6.92 Å². The van der Waals surface area contributed by atoms with Crippen molar-refractivity contribution >= 4 is 17.2 Å². The van der Waals surface area contributed by atoms with Gasteiger partial charge in [-0.1, -0.05) is 13.8 Å². The van der Waals surface area contributed by atoms with Gasteiger partial charge in [0.2, 0.25) is 0 Å². The first-order chi connectivity index (χ1) is 8.01. The molecule has 0 radical (unpaired) electrons. The van der Waals surface area contributed by atoms with Crippen molar-refractivity contribution in [2.45, 2.75) is 39.7 Å². The van der Waals surface area contributed by atoms with Crippen LogP contribution in [0.4, 0.5) is 11.4 Å². The number of rotatable bonds is 5. The summed E-state index contributed by atoms with van der Waals surface area (Å²) in [7, 11) is 2.07. The van der Waals surface area contributed by atoms with E-state index in [1.807, 2.05) is 18.2 Å². The first-order valence-electron chi connectivity index (χ1n) is 6.14. The van der Waals surface area contributed by atoms with Crippen molar-refractivity contribution in [2.24, 2.45) is 0 Å². The van der Waals surface area contributed by atoms with Gasteiger partial charge in [-0.05, 0) is 38.0 Å². The number of carbonyl (C=O) groups excluding carboxylic acids is 1. The van der Waals surface area contributed by atoms with Crippen molar-refractivity contribution in [3.8, 4) is 0 Å². The van der Waals surface area contributed by atoms with E-state index in [0.717, 1.165) is 18.5 Å². The molecule has 1 aromatic carbocycles. The molecule has 0 aliphatic carbocycles. The second kappa shape index (κ2) is 5.71. The topological polar surface area (TPSA) is 46.3 Å². The molecule has 0 fully saturated rings. The average Bonchev–Trinajstić information content (AvgIpc) is 2.29. The number of nitrogens with zero attached hydrogens (tertiary/aromatic N) is 1. The van der Waals surface area contributed by atoms with Crippen LogP contribution >= 0.6 is 0 Å². The Labute approximate surface area is 104 Å². The van der Waals surface area contributed by atoms with Crippen LogP contribution in [0, 0.1) is 0 Å². The zero-order valence-electron chi connectivity index (χ0n) is 11.2. The fourth-order valence-electron chi connectivity index (χ4n) is 2.14. The molecule has 3 nitrogen and oxygen atoms in total. The summed E-state index contributed by atoms with van der Waals surface area (Å²) in [5.41, 5.74) is 8.13. The van der Waals surface area contributed by atoms with Crippen molar-refractivity contribution < 1.29 is 4.79 Å². The van der Waals surface area contributed by atoms with Crippen LogP contribution in [0.2, 0.25) is 0 Å². The molecular formula is C14H22N2O. The number of nitrogen functional groups attached to an aromatic ring is 1. The number of hydrogen-bond donors (Lipinski definition) is 1. The lowest BCUT2D eigenvalue weighted by Crippen LogP contribution is -2.30. The summed E-state index contributed by atoms with van der Waals surface area (Å²) >= 11 is 0. The maximum Gasteiger partial charge on any atom is 0.161 e. The summed E-state index contributed by atoms with van der Waals surface area (Å²) in [6, 6.07) is 6.17. The Bertz CT molecular complexity index is 397. The molecule has 94 valence electrons. The van der Waals surface area contributed by atoms with E-state index >= 15 is 0 Å². The number of Topliss-reactive ketones (excluding diaryl/α,β-unsaturated/α-hetero) is 1. The minimum absolute atomic E-state index is 0.0132. The van der Waals surface area contributed by atoms with Gasteiger partial charge in [-0.25, -0.2) is 0 Å². The highest BCUT2D eigenvalue weighted by Gasteiger charge is 2.13. The molecule has 1 aromatic rings. The van der Waals surface area contributed by atoms with Crippen LogP contribution in [-0.4, -0.2) is 18.9 Å². The van der Waals surface area contributed by atoms with Gasteiger partial charge in [-0.3, -0.25) is 4.79 Å². The van der Waals surface area contributed by atoms with E-state index in [1.54, 1.807) is 0 Å². The highest BCUT2D eigenvalue weighted by atomic mass is 16.1. The van der Waals surface area contributed by atoms with Crippen molar-refractivity contribution in [3.63, 3.8) is 0 Å². The van der Waals surface area contributed by atoms with Crippen LogP contribution in [0.5, 0.6) is 0 Å². The molecule has 0 bridgehead atoms. The fourth-order valence-corrected chi connectivity index (χ4v) is 2.14. The number of carbonyl (C=O) groups is 1. The molecule has 0 aromatic heterocycles. The third kappa shape index (κ3) is 2.99. The van der Waals surface area contributed by atoms with Gasteiger partial charge in [0.05, 0.1) is 0 Å². The minimum atomic E-state index is 0.0132. The number of nitrogens with two attached hydrogens (primary N) is 1. The molecule has 0 amide bonds. The molecule has 1 rings (SSSR count). The normalized spacial score (nSPS) is 10.6. The van der Waals surface area contributed by atoms with Crippen molar-refractivity contribution in [2.75, 3.05) is 17.7 Å². The largest absolute Gasteiger partial charge is 0.398 e. The van der Waals surface area contributed by atoms with Crippen LogP contribution in [0.1, 0.15) is 44.0 Å². The van der Waals surface area contributed by atoms with Gasteiger partial charge in [0.1, 0.15) is 0 Å². The van der Waals surface area contributed by atoms with E-state index in [4.69, 9.17) is 5.73 Å². The maximum atomic E-state index is 11.3. The molecule has 0 aliphatic rings. The van der Waals surface area contributed by atoms with Crippen molar-refractivity contribution in [1.29, 1.82) is 0 Å². The van der Waals surface area contributed by atoms with Gasteiger partial charge < -0.3 is 10.6 Å². The number of ketones is 1. The van der Waals surface area contributed by atoms with E-state index in [0.29, 0.717) is 17.3 Å². The van der Waals surface area contributed by atoms with E-state index in [2.05, 4.69) is 25.8 Å². The Balaban J connectivity index is 3.00. The molecule has 17 heavy (non-hydrogen) atoms. The molecule has 0 atom stereocenters. The second-order valence-electron chi connectivity index (χ2n) is 4.41. The fraction of sp³-hybridized carbons (Fsp3) is 0.500. The van der Waals surface area contributed by atoms with E-state index < -0.39 is 0 Å². The van der Waals surface area contributed by atoms with Gasteiger partial charge in [0, 0.05) is 30.0 Å². The molecule has 0 saturated heterocycles. The van der Waals surface area contributed by atoms with Crippen molar-refractivity contribution in [1.82, 2.24) is 0 Å². The molecule has 0 unspecified atom stereocenters. The SMILES string of the molecule is CCC(CC)N(C)c1ccc(C(C)=O)c(N)c1. The van der Waals surface area contributed by atoms with Crippen molar-refractivity contribution in [3.05, 3.63) is 23.8 Å². The number of hydrogen-bond acceptors (Lipinski definition) is 3. The summed E-state index contributed by atoms with van der Waals surface area (Å²) in [5.74, 6) is 0.0132. The zero-order valence-corrected chi connectivity index (χ0v) is 11.2. The zero-order chi connectivity index (χ0) is 13.0. The first kappa shape index (κ1) is 13.6. The molecule has 0 heterocycles. The van der Waals surface area contributed by atoms with E-state index in [-0.39, 0.29) is 5.78 Å². The Morgan fingerprint density at radius 1 is 1.35 bits per heavy atom.